The van der Waals surface area contributed by atoms with E-state index in [-0.39, 0.29) is 28.9 Å². The molecule has 2 aromatic rings. The molecule has 0 spiro atoms. The van der Waals surface area contributed by atoms with Crippen molar-refractivity contribution in [2.24, 2.45) is 0 Å². The zero-order valence-corrected chi connectivity index (χ0v) is 14.9. The molecule has 3 rings (SSSR count). The Morgan fingerprint density at radius 3 is 2.58 bits per heavy atom. The van der Waals surface area contributed by atoms with E-state index in [0.29, 0.717) is 11.3 Å². The van der Waals surface area contributed by atoms with Crippen molar-refractivity contribution < 1.29 is 18.9 Å². The largest absolute Gasteiger partial charge is 0.472 e. The zero-order chi connectivity index (χ0) is 19.2. The van der Waals surface area contributed by atoms with E-state index in [4.69, 9.17) is 4.42 Å². The van der Waals surface area contributed by atoms with Crippen molar-refractivity contribution >= 4 is 28.9 Å². The van der Waals surface area contributed by atoms with Gasteiger partial charge in [-0.05, 0) is 45.4 Å². The smallest absolute Gasteiger partial charge is 0.294 e. The Labute approximate surface area is 149 Å². The highest BCUT2D eigenvalue weighted by molar-refractivity contribution is 6.10. The highest BCUT2D eigenvalue weighted by Gasteiger charge is 2.46. The number of nitrogens with one attached hydrogen (secondary N) is 1. The van der Waals surface area contributed by atoms with Gasteiger partial charge in [-0.1, -0.05) is 0 Å². The molecule has 0 bridgehead atoms. The fourth-order valence-corrected chi connectivity index (χ4v) is 3.15. The Kier molecular flexibility index (Phi) is 4.06. The number of benzene rings is 1. The van der Waals surface area contributed by atoms with Crippen molar-refractivity contribution in [3.8, 4) is 0 Å². The van der Waals surface area contributed by atoms with Gasteiger partial charge in [0.15, 0.2) is 0 Å². The standard InChI is InChI=1S/C18H19N3O5/c1-10(2)20-14-8-15(21(24)25)13(7-12(14)18(3,4)17(20)23)19-16(22)11-5-6-26-9-11/h5-10H,1-4H3,(H,19,22). The van der Waals surface area contributed by atoms with Gasteiger partial charge >= 0.3 is 0 Å². The van der Waals surface area contributed by atoms with E-state index in [0.717, 1.165) is 0 Å². The summed E-state index contributed by atoms with van der Waals surface area (Å²) in [6, 6.07) is 4.19. The van der Waals surface area contributed by atoms with Crippen LogP contribution in [0.15, 0.2) is 35.1 Å². The molecule has 136 valence electrons. The van der Waals surface area contributed by atoms with Crippen LogP contribution in [0.5, 0.6) is 0 Å². The van der Waals surface area contributed by atoms with Crippen LogP contribution in [0, 0.1) is 10.1 Å². The fourth-order valence-electron chi connectivity index (χ4n) is 3.15. The number of hydrogen-bond acceptors (Lipinski definition) is 5. The summed E-state index contributed by atoms with van der Waals surface area (Å²) in [5.74, 6) is -0.653. The summed E-state index contributed by atoms with van der Waals surface area (Å²) in [6.07, 6.45) is 2.59. The minimum Gasteiger partial charge on any atom is -0.472 e. The predicted molar refractivity (Wildman–Crippen MR) is 95.4 cm³/mol. The molecule has 0 saturated carbocycles. The van der Waals surface area contributed by atoms with Crippen LogP contribution in [0.25, 0.3) is 0 Å². The molecule has 1 aromatic carbocycles. The normalized spacial score (nSPS) is 15.3. The molecule has 0 saturated heterocycles. The number of carbonyl (C=O) groups excluding carboxylic acids is 2. The molecule has 0 fully saturated rings. The van der Waals surface area contributed by atoms with Crippen molar-refractivity contribution in [1.29, 1.82) is 0 Å². The van der Waals surface area contributed by atoms with Crippen molar-refractivity contribution in [2.75, 3.05) is 10.2 Å². The summed E-state index contributed by atoms with van der Waals surface area (Å²) in [5.41, 5.74) is 0.332. The Hall–Kier alpha value is -3.16. The maximum atomic E-state index is 12.8. The summed E-state index contributed by atoms with van der Waals surface area (Å²) in [6.45, 7) is 7.24. The Balaban J connectivity index is 2.13. The molecule has 1 N–H and O–H groups in total. The second-order valence-corrected chi connectivity index (χ2v) is 7.00. The Morgan fingerprint density at radius 2 is 2.04 bits per heavy atom. The van der Waals surface area contributed by atoms with Gasteiger partial charge in [-0.15, -0.1) is 0 Å². The molecule has 0 unspecified atom stereocenters. The van der Waals surface area contributed by atoms with Gasteiger partial charge in [-0.3, -0.25) is 19.7 Å². The Morgan fingerprint density at radius 1 is 1.35 bits per heavy atom. The molecule has 8 heteroatoms. The average molecular weight is 357 g/mol. The number of hydrogen-bond donors (Lipinski definition) is 1. The minimum absolute atomic E-state index is 0.0476. The number of carbonyl (C=O) groups is 2. The van der Waals surface area contributed by atoms with E-state index >= 15 is 0 Å². The van der Waals surface area contributed by atoms with E-state index in [9.17, 15) is 19.7 Å². The van der Waals surface area contributed by atoms with Crippen LogP contribution >= 0.6 is 0 Å². The summed E-state index contributed by atoms with van der Waals surface area (Å²) in [7, 11) is 0. The van der Waals surface area contributed by atoms with E-state index < -0.39 is 16.2 Å². The van der Waals surface area contributed by atoms with Crippen LogP contribution in [0.2, 0.25) is 0 Å². The first kappa shape index (κ1) is 17.7. The molecule has 2 heterocycles. The molecule has 0 aliphatic carbocycles. The number of nitro groups is 1. The van der Waals surface area contributed by atoms with E-state index in [2.05, 4.69) is 5.32 Å². The third kappa shape index (κ3) is 2.63. The van der Waals surface area contributed by atoms with Gasteiger partial charge in [0.1, 0.15) is 12.0 Å². The number of anilines is 2. The molecule has 1 aliphatic rings. The van der Waals surface area contributed by atoms with Gasteiger partial charge < -0.3 is 14.6 Å². The molecular formula is C18H19N3O5. The van der Waals surface area contributed by atoms with Crippen LogP contribution in [-0.2, 0) is 10.2 Å². The highest BCUT2D eigenvalue weighted by Crippen LogP contribution is 2.46. The van der Waals surface area contributed by atoms with Crippen LogP contribution < -0.4 is 10.2 Å². The lowest BCUT2D eigenvalue weighted by molar-refractivity contribution is -0.383. The molecule has 0 radical (unpaired) electrons. The van der Waals surface area contributed by atoms with E-state index in [1.807, 2.05) is 13.8 Å². The molecule has 26 heavy (non-hydrogen) atoms. The summed E-state index contributed by atoms with van der Waals surface area (Å²) in [5, 5.41) is 14.1. The summed E-state index contributed by atoms with van der Waals surface area (Å²) in [4.78, 5) is 37.6. The first-order chi connectivity index (χ1) is 12.1. The monoisotopic (exact) mass is 357 g/mol. The van der Waals surface area contributed by atoms with Gasteiger partial charge in [0.2, 0.25) is 5.91 Å². The highest BCUT2D eigenvalue weighted by atomic mass is 16.6. The molecular weight excluding hydrogens is 338 g/mol. The predicted octanol–water partition coefficient (Wildman–Crippen LogP) is 3.47. The number of nitrogens with zero attached hydrogens (tertiary/aromatic N) is 2. The number of amides is 2. The Bertz CT molecular complexity index is 900. The van der Waals surface area contributed by atoms with Gasteiger partial charge in [0.25, 0.3) is 11.6 Å². The molecule has 8 nitrogen and oxygen atoms in total. The van der Waals surface area contributed by atoms with Crippen molar-refractivity contribution in [2.45, 2.75) is 39.2 Å². The van der Waals surface area contributed by atoms with Crippen LogP contribution in [0.1, 0.15) is 43.6 Å². The third-order valence-corrected chi connectivity index (χ3v) is 4.55. The van der Waals surface area contributed by atoms with Crippen molar-refractivity contribution in [3.63, 3.8) is 0 Å². The molecule has 1 aliphatic heterocycles. The van der Waals surface area contributed by atoms with Gasteiger partial charge in [-0.25, -0.2) is 0 Å². The number of rotatable bonds is 4. The maximum absolute atomic E-state index is 12.8. The quantitative estimate of drug-likeness (QED) is 0.666. The van der Waals surface area contributed by atoms with Crippen LogP contribution in [0.3, 0.4) is 0 Å². The lowest BCUT2D eigenvalue weighted by Crippen LogP contribution is -2.40. The minimum atomic E-state index is -0.843. The lowest BCUT2D eigenvalue weighted by atomic mass is 9.85. The third-order valence-electron chi connectivity index (χ3n) is 4.55. The number of nitro benzene ring substituents is 1. The van der Waals surface area contributed by atoms with Crippen molar-refractivity contribution in [1.82, 2.24) is 0 Å². The summed E-state index contributed by atoms with van der Waals surface area (Å²) < 4.78 is 4.87. The SMILES string of the molecule is CC(C)N1C(=O)C(C)(C)c2cc(NC(=O)c3ccoc3)c([N+](=O)[O-])cc21. The average Bonchev–Trinajstić information content (AvgIpc) is 3.14. The molecule has 0 atom stereocenters. The van der Waals surface area contributed by atoms with Gasteiger partial charge in [-0.2, -0.15) is 0 Å². The first-order valence-corrected chi connectivity index (χ1v) is 8.14. The first-order valence-electron chi connectivity index (χ1n) is 8.14. The fraction of sp³-hybridized carbons (Fsp3) is 0.333. The second kappa shape index (κ2) is 5.98. The summed E-state index contributed by atoms with van der Waals surface area (Å²) >= 11 is 0. The number of furan rings is 1. The van der Waals surface area contributed by atoms with E-state index in [1.54, 1.807) is 18.7 Å². The molecule has 1 aromatic heterocycles. The number of fused-ring (bicyclic) bond motifs is 1. The van der Waals surface area contributed by atoms with Gasteiger partial charge in [0, 0.05) is 12.1 Å². The van der Waals surface area contributed by atoms with Crippen molar-refractivity contribution in [3.05, 3.63) is 52.0 Å². The molecule has 2 amide bonds. The van der Waals surface area contributed by atoms with E-state index in [1.165, 1.54) is 30.7 Å². The van der Waals surface area contributed by atoms with Crippen LogP contribution in [0.4, 0.5) is 17.1 Å². The van der Waals surface area contributed by atoms with Crippen LogP contribution in [-0.4, -0.2) is 22.8 Å². The maximum Gasteiger partial charge on any atom is 0.294 e. The zero-order valence-electron chi connectivity index (χ0n) is 14.9. The second-order valence-electron chi connectivity index (χ2n) is 7.00. The van der Waals surface area contributed by atoms with Gasteiger partial charge in [0.05, 0.1) is 27.9 Å². The lowest BCUT2D eigenvalue weighted by Gasteiger charge is -2.23. The topological polar surface area (TPSA) is 106 Å².